The summed E-state index contributed by atoms with van der Waals surface area (Å²) in [6.07, 6.45) is 2.94. The van der Waals surface area contributed by atoms with E-state index in [1.165, 1.54) is 0 Å². The number of hydrogen-bond acceptors (Lipinski definition) is 3. The van der Waals surface area contributed by atoms with E-state index >= 15 is 0 Å². The lowest BCUT2D eigenvalue weighted by Crippen LogP contribution is -2.60. The van der Waals surface area contributed by atoms with Crippen LogP contribution in [0.4, 0.5) is 4.79 Å². The Morgan fingerprint density at radius 3 is 2.67 bits per heavy atom. The van der Waals surface area contributed by atoms with Gasteiger partial charge < -0.3 is 9.84 Å². The molecule has 1 N–H and O–H groups in total. The lowest BCUT2D eigenvalue weighted by Gasteiger charge is -2.50. The zero-order chi connectivity index (χ0) is 14.8. The first kappa shape index (κ1) is 14.4. The van der Waals surface area contributed by atoms with Gasteiger partial charge in [0.2, 0.25) is 0 Å². The minimum Gasteiger partial charge on any atom is -0.445 e. The molecule has 1 amide bonds. The zero-order valence-corrected chi connectivity index (χ0v) is 12.4. The summed E-state index contributed by atoms with van der Waals surface area (Å²) in [6.45, 7) is 2.48. The van der Waals surface area contributed by atoms with Crippen molar-refractivity contribution in [3.63, 3.8) is 0 Å². The number of nitrogens with zero attached hydrogens (tertiary/aromatic N) is 1. The molecule has 1 aromatic carbocycles. The second kappa shape index (κ2) is 6.06. The second-order valence-electron chi connectivity index (χ2n) is 6.28. The molecule has 3 rings (SSSR count). The van der Waals surface area contributed by atoms with Crippen molar-refractivity contribution < 1.29 is 14.6 Å². The topological polar surface area (TPSA) is 49.8 Å². The first-order valence-corrected chi connectivity index (χ1v) is 7.84. The number of hydrogen-bond donors (Lipinski definition) is 1. The van der Waals surface area contributed by atoms with Gasteiger partial charge in [-0.05, 0) is 37.2 Å². The molecule has 2 aliphatic heterocycles. The number of amides is 1. The molecule has 114 valence electrons. The number of carbonyl (C=O) groups excluding carboxylic acids is 1. The summed E-state index contributed by atoms with van der Waals surface area (Å²) in [5.41, 5.74) is 0.988. The zero-order valence-electron chi connectivity index (χ0n) is 12.4. The van der Waals surface area contributed by atoms with E-state index in [4.69, 9.17) is 4.74 Å². The van der Waals surface area contributed by atoms with E-state index < -0.39 is 6.10 Å². The van der Waals surface area contributed by atoms with E-state index in [2.05, 4.69) is 6.92 Å². The molecule has 0 unspecified atom stereocenters. The Hall–Kier alpha value is -1.55. The average Bonchev–Trinajstić information content (AvgIpc) is 2.51. The van der Waals surface area contributed by atoms with Gasteiger partial charge in [0.25, 0.3) is 0 Å². The van der Waals surface area contributed by atoms with Crippen molar-refractivity contribution in [2.24, 2.45) is 5.92 Å². The summed E-state index contributed by atoms with van der Waals surface area (Å²) in [5, 5.41) is 10.2. The van der Waals surface area contributed by atoms with Gasteiger partial charge in [0.15, 0.2) is 0 Å². The standard InChI is InChI=1S/C17H23NO3/c1-12-7-8-15-16(19)10-9-14(12)18(15)17(20)21-11-13-5-3-2-4-6-13/h2-6,12,14-16,19H,7-11H2,1H3/t12-,14-,15-,16-/m0/s1. The molecule has 0 aliphatic carbocycles. The molecule has 2 fully saturated rings. The van der Waals surface area contributed by atoms with Crippen LogP contribution in [-0.4, -0.2) is 34.3 Å². The molecule has 4 heteroatoms. The van der Waals surface area contributed by atoms with Gasteiger partial charge in [0, 0.05) is 6.04 Å². The fourth-order valence-corrected chi connectivity index (χ4v) is 3.69. The predicted molar refractivity (Wildman–Crippen MR) is 79.7 cm³/mol. The van der Waals surface area contributed by atoms with Crippen molar-refractivity contribution in [2.45, 2.75) is 57.4 Å². The summed E-state index contributed by atoms with van der Waals surface area (Å²) in [6, 6.07) is 9.86. The fourth-order valence-electron chi connectivity index (χ4n) is 3.69. The normalized spacial score (nSPS) is 31.8. The fraction of sp³-hybridized carbons (Fsp3) is 0.588. The van der Waals surface area contributed by atoms with Crippen LogP contribution in [0, 0.1) is 5.92 Å². The Labute approximate surface area is 125 Å². The maximum atomic E-state index is 12.5. The van der Waals surface area contributed by atoms with E-state index in [-0.39, 0.29) is 18.2 Å². The third kappa shape index (κ3) is 2.91. The van der Waals surface area contributed by atoms with E-state index in [1.807, 2.05) is 35.2 Å². The number of benzene rings is 1. The van der Waals surface area contributed by atoms with Crippen LogP contribution in [-0.2, 0) is 11.3 Å². The number of aliphatic hydroxyl groups excluding tert-OH is 1. The number of ether oxygens (including phenoxy) is 1. The average molecular weight is 289 g/mol. The quantitative estimate of drug-likeness (QED) is 0.910. The van der Waals surface area contributed by atoms with Crippen molar-refractivity contribution in [1.29, 1.82) is 0 Å². The molecule has 1 aromatic rings. The summed E-state index contributed by atoms with van der Waals surface area (Å²) in [7, 11) is 0. The minimum absolute atomic E-state index is 0.0665. The molecule has 2 saturated heterocycles. The molecular formula is C17H23NO3. The molecule has 2 bridgehead atoms. The van der Waals surface area contributed by atoms with Crippen LogP contribution in [0.25, 0.3) is 0 Å². The summed E-state index contributed by atoms with van der Waals surface area (Å²) >= 11 is 0. The van der Waals surface area contributed by atoms with Crippen molar-refractivity contribution in [2.75, 3.05) is 0 Å². The van der Waals surface area contributed by atoms with Gasteiger partial charge in [0.05, 0.1) is 12.1 Å². The highest BCUT2D eigenvalue weighted by molar-refractivity contribution is 5.69. The number of carbonyl (C=O) groups is 1. The first-order chi connectivity index (χ1) is 10.2. The van der Waals surface area contributed by atoms with Crippen molar-refractivity contribution in [3.05, 3.63) is 35.9 Å². The van der Waals surface area contributed by atoms with Crippen molar-refractivity contribution in [3.8, 4) is 0 Å². The van der Waals surface area contributed by atoms with Crippen LogP contribution in [0.3, 0.4) is 0 Å². The van der Waals surface area contributed by atoms with E-state index in [0.717, 1.165) is 31.2 Å². The summed E-state index contributed by atoms with van der Waals surface area (Å²) in [5.74, 6) is 0.484. The van der Waals surface area contributed by atoms with Crippen LogP contribution in [0.15, 0.2) is 30.3 Å². The van der Waals surface area contributed by atoms with Crippen LogP contribution < -0.4 is 0 Å². The Kier molecular flexibility index (Phi) is 4.15. The third-order valence-corrected chi connectivity index (χ3v) is 4.91. The van der Waals surface area contributed by atoms with Gasteiger partial charge >= 0.3 is 6.09 Å². The van der Waals surface area contributed by atoms with E-state index in [1.54, 1.807) is 0 Å². The molecule has 0 radical (unpaired) electrons. The Morgan fingerprint density at radius 1 is 1.19 bits per heavy atom. The van der Waals surface area contributed by atoms with Crippen LogP contribution in [0.2, 0.25) is 0 Å². The van der Waals surface area contributed by atoms with Crippen molar-refractivity contribution in [1.82, 2.24) is 4.90 Å². The molecule has 4 atom stereocenters. The lowest BCUT2D eigenvalue weighted by molar-refractivity contribution is -0.0611. The summed E-state index contributed by atoms with van der Waals surface area (Å²) in [4.78, 5) is 14.3. The van der Waals surface area contributed by atoms with Gasteiger partial charge in [0.1, 0.15) is 6.61 Å². The van der Waals surface area contributed by atoms with Gasteiger partial charge in [-0.3, -0.25) is 4.90 Å². The molecule has 0 saturated carbocycles. The first-order valence-electron chi connectivity index (χ1n) is 7.84. The van der Waals surface area contributed by atoms with Gasteiger partial charge in [-0.15, -0.1) is 0 Å². The number of piperidine rings is 2. The van der Waals surface area contributed by atoms with Crippen LogP contribution in [0.5, 0.6) is 0 Å². The molecular weight excluding hydrogens is 266 g/mol. The van der Waals surface area contributed by atoms with Crippen LogP contribution >= 0.6 is 0 Å². The van der Waals surface area contributed by atoms with Gasteiger partial charge in [-0.25, -0.2) is 4.79 Å². The van der Waals surface area contributed by atoms with Gasteiger partial charge in [-0.1, -0.05) is 37.3 Å². The maximum absolute atomic E-state index is 12.5. The third-order valence-electron chi connectivity index (χ3n) is 4.91. The smallest absolute Gasteiger partial charge is 0.410 e. The molecule has 4 nitrogen and oxygen atoms in total. The highest BCUT2D eigenvalue weighted by Crippen LogP contribution is 2.37. The second-order valence-corrected chi connectivity index (χ2v) is 6.28. The highest BCUT2D eigenvalue weighted by Gasteiger charge is 2.45. The number of rotatable bonds is 2. The van der Waals surface area contributed by atoms with E-state index in [0.29, 0.717) is 12.5 Å². The molecule has 2 aliphatic rings. The maximum Gasteiger partial charge on any atom is 0.410 e. The lowest BCUT2D eigenvalue weighted by atomic mass is 9.77. The summed E-state index contributed by atoms with van der Waals surface area (Å²) < 4.78 is 5.48. The van der Waals surface area contributed by atoms with Gasteiger partial charge in [-0.2, -0.15) is 0 Å². The molecule has 2 heterocycles. The predicted octanol–water partition coefficient (Wildman–Crippen LogP) is 2.95. The number of fused-ring (bicyclic) bond motifs is 2. The number of aliphatic hydroxyl groups is 1. The van der Waals surface area contributed by atoms with E-state index in [9.17, 15) is 9.90 Å². The highest BCUT2D eigenvalue weighted by atomic mass is 16.6. The Morgan fingerprint density at radius 2 is 1.90 bits per heavy atom. The monoisotopic (exact) mass is 289 g/mol. The Bertz CT molecular complexity index is 472. The van der Waals surface area contributed by atoms with Crippen molar-refractivity contribution >= 4 is 6.09 Å². The molecule has 0 spiro atoms. The molecule has 0 aromatic heterocycles. The Balaban J connectivity index is 1.67. The SMILES string of the molecule is C[C@H]1CC[C@H]2[C@@H](O)CC[C@@H]1N2C(=O)OCc1ccccc1. The molecule has 21 heavy (non-hydrogen) atoms. The minimum atomic E-state index is -0.405. The largest absolute Gasteiger partial charge is 0.445 e. The van der Waals surface area contributed by atoms with Crippen LogP contribution in [0.1, 0.15) is 38.2 Å².